The summed E-state index contributed by atoms with van der Waals surface area (Å²) in [5.74, 6) is 0.438. The van der Waals surface area contributed by atoms with Crippen LogP contribution in [0.4, 0.5) is 5.82 Å². The van der Waals surface area contributed by atoms with Crippen molar-refractivity contribution in [2.45, 2.75) is 6.54 Å². The van der Waals surface area contributed by atoms with Gasteiger partial charge in [0.25, 0.3) is 0 Å². The third-order valence-corrected chi connectivity index (χ3v) is 2.39. The zero-order chi connectivity index (χ0) is 10.8. The van der Waals surface area contributed by atoms with Gasteiger partial charge in [0.05, 0.1) is 28.5 Å². The first kappa shape index (κ1) is 10.3. The predicted octanol–water partition coefficient (Wildman–Crippen LogP) is 2.22. The molecule has 6 heteroatoms. The number of halogens is 2. The minimum Gasteiger partial charge on any atom is -0.384 e. The van der Waals surface area contributed by atoms with Crippen LogP contribution in [0, 0.1) is 0 Å². The second-order valence-electron chi connectivity index (χ2n) is 3.02. The van der Waals surface area contributed by atoms with Gasteiger partial charge >= 0.3 is 0 Å². The highest BCUT2D eigenvalue weighted by atomic mass is 35.5. The van der Waals surface area contributed by atoms with Gasteiger partial charge < -0.3 is 5.73 Å². The van der Waals surface area contributed by atoms with E-state index in [-0.39, 0.29) is 0 Å². The van der Waals surface area contributed by atoms with E-state index in [2.05, 4.69) is 10.1 Å². The van der Waals surface area contributed by atoms with Crippen molar-refractivity contribution in [2.75, 3.05) is 5.73 Å². The van der Waals surface area contributed by atoms with Crippen molar-refractivity contribution >= 4 is 29.0 Å². The first-order chi connectivity index (χ1) is 7.15. The van der Waals surface area contributed by atoms with Crippen molar-refractivity contribution in [1.82, 2.24) is 14.8 Å². The van der Waals surface area contributed by atoms with Gasteiger partial charge in [-0.05, 0) is 12.1 Å². The Morgan fingerprint density at radius 3 is 2.80 bits per heavy atom. The van der Waals surface area contributed by atoms with Crippen molar-refractivity contribution in [3.8, 4) is 0 Å². The van der Waals surface area contributed by atoms with Crippen LogP contribution in [0.15, 0.2) is 24.5 Å². The van der Waals surface area contributed by atoms with Crippen molar-refractivity contribution in [2.24, 2.45) is 0 Å². The van der Waals surface area contributed by atoms with Gasteiger partial charge in [0.2, 0.25) is 0 Å². The summed E-state index contributed by atoms with van der Waals surface area (Å²) in [6.45, 7) is 0.455. The molecule has 0 unspecified atom stereocenters. The second kappa shape index (κ2) is 4.08. The number of hydrogen-bond acceptors (Lipinski definition) is 3. The number of rotatable bonds is 2. The molecule has 0 saturated carbocycles. The number of aromatic nitrogens is 3. The molecule has 2 heterocycles. The molecule has 2 aromatic heterocycles. The normalized spacial score (nSPS) is 10.5. The predicted molar refractivity (Wildman–Crippen MR) is 60.0 cm³/mol. The van der Waals surface area contributed by atoms with Gasteiger partial charge in [0, 0.05) is 6.20 Å². The Morgan fingerprint density at radius 2 is 2.13 bits per heavy atom. The van der Waals surface area contributed by atoms with Crippen LogP contribution in [0.5, 0.6) is 0 Å². The van der Waals surface area contributed by atoms with Gasteiger partial charge in [0.1, 0.15) is 5.82 Å². The third-order valence-electron chi connectivity index (χ3n) is 1.85. The Labute approximate surface area is 96.6 Å². The SMILES string of the molecule is Nc1ccc(Cl)c(Cn2cc(Cl)cn2)n1. The van der Waals surface area contributed by atoms with Crippen LogP contribution in [0.2, 0.25) is 10.0 Å². The van der Waals surface area contributed by atoms with Crippen LogP contribution < -0.4 is 5.73 Å². The number of nitrogens with two attached hydrogens (primary N) is 1. The molecule has 0 saturated heterocycles. The maximum absolute atomic E-state index is 5.96. The maximum Gasteiger partial charge on any atom is 0.123 e. The maximum atomic E-state index is 5.96. The van der Waals surface area contributed by atoms with E-state index in [4.69, 9.17) is 28.9 Å². The van der Waals surface area contributed by atoms with Crippen molar-refractivity contribution in [3.05, 3.63) is 40.3 Å². The molecule has 2 N–H and O–H groups in total. The summed E-state index contributed by atoms with van der Waals surface area (Å²) in [5.41, 5.74) is 6.24. The first-order valence-corrected chi connectivity index (χ1v) is 4.99. The van der Waals surface area contributed by atoms with Gasteiger partial charge in [0.15, 0.2) is 0 Å². The molecule has 0 aromatic carbocycles. The van der Waals surface area contributed by atoms with Crippen LogP contribution in [-0.4, -0.2) is 14.8 Å². The second-order valence-corrected chi connectivity index (χ2v) is 3.86. The molecule has 0 aliphatic heterocycles. The molecule has 4 nitrogen and oxygen atoms in total. The lowest BCUT2D eigenvalue weighted by Gasteiger charge is -2.04. The molecule has 0 fully saturated rings. The largest absolute Gasteiger partial charge is 0.384 e. The smallest absolute Gasteiger partial charge is 0.123 e. The van der Waals surface area contributed by atoms with Crippen LogP contribution in [0.3, 0.4) is 0 Å². The van der Waals surface area contributed by atoms with E-state index in [0.29, 0.717) is 28.1 Å². The summed E-state index contributed by atoms with van der Waals surface area (Å²) in [6, 6.07) is 3.37. The molecule has 78 valence electrons. The third kappa shape index (κ3) is 2.40. The van der Waals surface area contributed by atoms with E-state index in [9.17, 15) is 0 Å². The number of nitrogen functional groups attached to an aromatic ring is 1. The Bertz CT molecular complexity index is 481. The number of anilines is 1. The molecule has 0 aliphatic rings. The highest BCUT2D eigenvalue weighted by molar-refractivity contribution is 6.31. The number of hydrogen-bond donors (Lipinski definition) is 1. The summed E-state index contributed by atoms with van der Waals surface area (Å²) in [7, 11) is 0. The van der Waals surface area contributed by atoms with Gasteiger partial charge in [-0.3, -0.25) is 4.68 Å². The highest BCUT2D eigenvalue weighted by Gasteiger charge is 2.04. The summed E-state index contributed by atoms with van der Waals surface area (Å²) in [6.07, 6.45) is 3.25. The number of pyridine rings is 1. The average molecular weight is 243 g/mol. The number of nitrogens with zero attached hydrogens (tertiary/aromatic N) is 3. The van der Waals surface area contributed by atoms with E-state index in [1.165, 1.54) is 0 Å². The van der Waals surface area contributed by atoms with Crippen LogP contribution in [-0.2, 0) is 6.54 Å². The van der Waals surface area contributed by atoms with Gasteiger partial charge in [-0.2, -0.15) is 5.10 Å². The molecule has 0 atom stereocenters. The minimum absolute atomic E-state index is 0.438. The molecule has 0 bridgehead atoms. The zero-order valence-corrected chi connectivity index (χ0v) is 9.20. The van der Waals surface area contributed by atoms with Crippen LogP contribution >= 0.6 is 23.2 Å². The first-order valence-electron chi connectivity index (χ1n) is 4.24. The Kier molecular flexibility index (Phi) is 2.79. The Morgan fingerprint density at radius 1 is 1.33 bits per heavy atom. The summed E-state index contributed by atoms with van der Waals surface area (Å²) in [5, 5.41) is 5.17. The summed E-state index contributed by atoms with van der Waals surface area (Å²) in [4.78, 5) is 4.12. The Balaban J connectivity index is 2.27. The van der Waals surface area contributed by atoms with Crippen molar-refractivity contribution in [1.29, 1.82) is 0 Å². The van der Waals surface area contributed by atoms with E-state index in [0.717, 1.165) is 0 Å². The lowest BCUT2D eigenvalue weighted by atomic mass is 10.3. The molecule has 0 amide bonds. The lowest BCUT2D eigenvalue weighted by molar-refractivity contribution is 0.674. The van der Waals surface area contributed by atoms with E-state index >= 15 is 0 Å². The molecular weight excluding hydrogens is 235 g/mol. The van der Waals surface area contributed by atoms with Gasteiger partial charge in [-0.1, -0.05) is 23.2 Å². The van der Waals surface area contributed by atoms with Gasteiger partial charge in [-0.15, -0.1) is 0 Å². The van der Waals surface area contributed by atoms with Crippen molar-refractivity contribution in [3.63, 3.8) is 0 Å². The molecule has 0 radical (unpaired) electrons. The summed E-state index contributed by atoms with van der Waals surface area (Å²) >= 11 is 11.7. The van der Waals surface area contributed by atoms with Crippen LogP contribution in [0.25, 0.3) is 0 Å². The standard InChI is InChI=1S/C9H8Cl2N4/c10-6-3-13-15(4-6)5-8-7(11)1-2-9(12)14-8/h1-4H,5H2,(H2,12,14). The highest BCUT2D eigenvalue weighted by Crippen LogP contribution is 2.16. The minimum atomic E-state index is 0.438. The molecule has 2 aromatic rings. The van der Waals surface area contributed by atoms with Crippen molar-refractivity contribution < 1.29 is 0 Å². The van der Waals surface area contributed by atoms with E-state index in [1.807, 2.05) is 0 Å². The molecule has 0 aliphatic carbocycles. The fourth-order valence-corrected chi connectivity index (χ4v) is 1.51. The molecule has 15 heavy (non-hydrogen) atoms. The fourth-order valence-electron chi connectivity index (χ4n) is 1.19. The fraction of sp³-hybridized carbons (Fsp3) is 0.111. The van der Waals surface area contributed by atoms with Gasteiger partial charge in [-0.25, -0.2) is 4.98 Å². The average Bonchev–Trinajstić information content (AvgIpc) is 2.58. The summed E-state index contributed by atoms with van der Waals surface area (Å²) < 4.78 is 1.65. The quantitative estimate of drug-likeness (QED) is 0.879. The topological polar surface area (TPSA) is 56.7 Å². The van der Waals surface area contributed by atoms with Crippen LogP contribution in [0.1, 0.15) is 5.69 Å². The Hall–Kier alpha value is -1.26. The van der Waals surface area contributed by atoms with E-state index < -0.39 is 0 Å². The molecule has 0 spiro atoms. The monoisotopic (exact) mass is 242 g/mol. The van der Waals surface area contributed by atoms with E-state index in [1.54, 1.807) is 29.2 Å². The zero-order valence-electron chi connectivity index (χ0n) is 7.69. The lowest BCUT2D eigenvalue weighted by Crippen LogP contribution is -2.04. The molecule has 2 rings (SSSR count). The molecular formula is C9H8Cl2N4.